The smallest absolute Gasteiger partial charge is 0.182 e. The van der Waals surface area contributed by atoms with Gasteiger partial charge in [0.15, 0.2) is 6.79 Å². The average Bonchev–Trinajstić information content (AvgIpc) is 1.46. The molecule has 2 radical (unpaired) electrons. The maximum atomic E-state index is 8.12. The van der Waals surface area contributed by atoms with E-state index < -0.39 is 0 Å². The molecule has 36 valence electrons. The Balaban J connectivity index is -0.0000000275. The van der Waals surface area contributed by atoms with Crippen molar-refractivity contribution in [3.8, 4) is 0 Å². The van der Waals surface area contributed by atoms with Gasteiger partial charge in [-0.3, -0.25) is 20.4 Å². The van der Waals surface area contributed by atoms with Gasteiger partial charge in [-0.25, -0.2) is 0 Å². The van der Waals surface area contributed by atoms with E-state index in [4.69, 9.17) is 14.9 Å². The van der Waals surface area contributed by atoms with Crippen LogP contribution in [-0.4, -0.2) is 12.3 Å². The molecule has 0 heterocycles. The van der Waals surface area contributed by atoms with Gasteiger partial charge < -0.3 is 0 Å². The van der Waals surface area contributed by atoms with Crippen molar-refractivity contribution in [2.45, 2.75) is 0 Å². The van der Waals surface area contributed by atoms with E-state index in [0.29, 0.717) is 0 Å². The lowest BCUT2D eigenvalue weighted by atomic mass is 11.9. The predicted molar refractivity (Wildman–Crippen MR) is 16.4 cm³/mol. The molecule has 0 unspecified atom stereocenters. The summed E-state index contributed by atoms with van der Waals surface area (Å²) in [5, 5.41) is 8.38. The molecule has 0 aliphatic carbocycles. The van der Waals surface area contributed by atoms with Gasteiger partial charge in [-0.15, -0.1) is 0 Å². The predicted octanol–water partition coefficient (Wildman–Crippen LogP) is -2.12. The van der Waals surface area contributed by atoms with Gasteiger partial charge in [-0.05, 0) is 0 Å². The highest BCUT2D eigenvalue weighted by molar-refractivity contribution is 5.12. The molecule has 0 aromatic rings. The zero-order chi connectivity index (χ0) is 4.71. The van der Waals surface area contributed by atoms with Crippen molar-refractivity contribution in [1.29, 1.82) is 0 Å². The summed E-state index contributed by atoms with van der Waals surface area (Å²) in [6.45, 7) is 3.25. The standard InChI is InChI=1S/CHO.HNO2.HO/c1-2;2-1-3;/h1H;1H;1H. The molecule has 0 aromatic carbocycles. The van der Waals surface area contributed by atoms with E-state index in [0.717, 1.165) is 0 Å². The van der Waals surface area contributed by atoms with Gasteiger partial charge in [0.05, 0.1) is 0 Å². The van der Waals surface area contributed by atoms with Crippen LogP contribution in [0.15, 0.2) is 0 Å². The highest BCUT2D eigenvalue weighted by Gasteiger charge is 1.10. The number of rotatable bonds is 0. The van der Waals surface area contributed by atoms with Crippen LogP contribution in [0.4, 0.5) is 0 Å². The molecule has 5 heteroatoms. The highest BCUT2D eigenvalue weighted by Crippen LogP contribution is 0.619. The average molecular weight is 93.0 g/mol. The van der Waals surface area contributed by atoms with Crippen LogP contribution in [0.1, 0.15) is 0 Å². The maximum absolute atomic E-state index is 8.12. The quantitative estimate of drug-likeness (QED) is 0.203. The monoisotopic (exact) mass is 93.0 g/mol. The van der Waals surface area contributed by atoms with Crippen molar-refractivity contribution >= 4 is 6.79 Å². The lowest BCUT2D eigenvalue weighted by molar-refractivity contribution is -0.398. The Morgan fingerprint density at radius 1 is 1.50 bits per heavy atom. The first-order valence-corrected chi connectivity index (χ1v) is 0.644. The van der Waals surface area contributed by atoms with E-state index in [2.05, 4.69) is 6.79 Å². The zero-order valence-corrected chi connectivity index (χ0v) is 2.75. The van der Waals surface area contributed by atoms with Crippen LogP contribution in [0.5, 0.6) is 0 Å². The van der Waals surface area contributed by atoms with Crippen LogP contribution in [0, 0.1) is 10.1 Å². The summed E-state index contributed by atoms with van der Waals surface area (Å²) in [6.07, 6.45) is 0. The van der Waals surface area contributed by atoms with E-state index in [1.165, 1.54) is 0 Å². The van der Waals surface area contributed by atoms with Crippen LogP contribution in [0.2, 0.25) is 0 Å². The molecule has 0 rings (SSSR count). The fourth-order valence-corrected chi connectivity index (χ4v) is 0. The third kappa shape index (κ3) is 13.3. The van der Waals surface area contributed by atoms with Gasteiger partial charge in [-0.1, -0.05) is 0 Å². The Morgan fingerprint density at radius 3 is 1.50 bits per heavy atom. The lowest BCUT2D eigenvalue weighted by Gasteiger charge is -1.36. The Bertz CT molecular complexity index is 21.5. The fraction of sp³-hybridized carbons (Fsp3) is 0. The van der Waals surface area contributed by atoms with Gasteiger partial charge >= 0.3 is 0 Å². The second kappa shape index (κ2) is 41100. The maximum Gasteiger partial charge on any atom is 0.182 e. The summed E-state index contributed by atoms with van der Waals surface area (Å²) >= 11 is 0. The van der Waals surface area contributed by atoms with E-state index in [9.17, 15) is 0 Å². The SMILES string of the molecule is O=[NH+][O-].[CH]=O.[OH]. The first-order valence-electron chi connectivity index (χ1n) is 0.644. The summed E-state index contributed by atoms with van der Waals surface area (Å²) in [7, 11) is 0. The van der Waals surface area contributed by atoms with Crippen LogP contribution >= 0.6 is 0 Å². The van der Waals surface area contributed by atoms with E-state index in [-0.39, 0.29) is 10.8 Å². The van der Waals surface area contributed by atoms with Crippen molar-refractivity contribution < 1.29 is 15.6 Å². The minimum atomic E-state index is 0. The van der Waals surface area contributed by atoms with Gasteiger partial charge in [0.1, 0.15) is 0 Å². The summed E-state index contributed by atoms with van der Waals surface area (Å²) < 4.78 is 0. The number of nitrogens with one attached hydrogen (secondary N) is 1. The normalized spacial score (nSPS) is 2.67. The molecule has 6 heavy (non-hydrogen) atoms. The van der Waals surface area contributed by atoms with Crippen molar-refractivity contribution in [1.82, 2.24) is 0 Å². The van der Waals surface area contributed by atoms with Crippen LogP contribution in [0.25, 0.3) is 0 Å². The van der Waals surface area contributed by atoms with Crippen molar-refractivity contribution in [2.75, 3.05) is 0 Å². The summed E-state index contributed by atoms with van der Waals surface area (Å²) in [5.74, 6) is 0. The van der Waals surface area contributed by atoms with Gasteiger partial charge in [0.2, 0.25) is 0 Å². The molecule has 2 N–H and O–H groups in total. The topological polar surface area (TPSA) is 101 Å². The largest absolute Gasteiger partial charge is 0.295 e. The lowest BCUT2D eigenvalue weighted by Crippen LogP contribution is -2.53. The minimum Gasteiger partial charge on any atom is -0.295 e. The molecule has 0 fully saturated rings. The molecule has 0 saturated carbocycles. The third-order valence-electron chi connectivity index (χ3n) is 0. The van der Waals surface area contributed by atoms with Gasteiger partial charge in [0, 0.05) is 5.34 Å². The van der Waals surface area contributed by atoms with Crippen LogP contribution in [-0.2, 0) is 4.79 Å². The molecule has 0 aromatic heterocycles. The number of hydrogen-bond acceptors (Lipinski definition) is 3. The molecule has 0 aliphatic heterocycles. The van der Waals surface area contributed by atoms with Gasteiger partial charge in [0.25, 0.3) is 0 Å². The Kier molecular flexibility index (Phi) is 136000. The molecule has 0 amide bonds. The molecular weight excluding hydrogens is 90.0 g/mol. The first-order chi connectivity index (χ1) is 2.41. The first kappa shape index (κ1) is 19.8. The molecule has 0 bridgehead atoms. The second-order valence-corrected chi connectivity index (χ2v) is 0.0833. The third-order valence-corrected chi connectivity index (χ3v) is 0. The molecule has 5 nitrogen and oxygen atoms in total. The highest BCUT2D eigenvalue weighted by atomic mass is 16.6. The zero-order valence-electron chi connectivity index (χ0n) is 2.75. The molecule has 0 atom stereocenters. The van der Waals surface area contributed by atoms with Gasteiger partial charge in [-0.2, -0.15) is 0 Å². The van der Waals surface area contributed by atoms with E-state index >= 15 is 0 Å². The van der Waals surface area contributed by atoms with Crippen LogP contribution in [0.3, 0.4) is 0 Å². The van der Waals surface area contributed by atoms with E-state index in [1.54, 1.807) is 0 Å². The van der Waals surface area contributed by atoms with Crippen LogP contribution < -0.4 is 5.34 Å². The molecule has 0 aliphatic rings. The van der Waals surface area contributed by atoms with Crippen molar-refractivity contribution in [3.63, 3.8) is 0 Å². The number of hydrogen-bond donors (Lipinski definition) is 2. The second-order valence-electron chi connectivity index (χ2n) is 0.0833. The summed E-state index contributed by atoms with van der Waals surface area (Å²) in [5.41, 5.74) is 0. The summed E-state index contributed by atoms with van der Waals surface area (Å²) in [6, 6.07) is 0. The minimum absolute atomic E-state index is 0. The molecular formula is CH3NO4. The molecule has 0 saturated heterocycles. The Hall–Kier alpha value is -0.970. The number of carbonyl (C=O) groups excluding carboxylic acids is 1. The summed E-state index contributed by atoms with van der Waals surface area (Å²) in [4.78, 5) is 15.9. The van der Waals surface area contributed by atoms with Crippen molar-refractivity contribution in [3.05, 3.63) is 10.1 Å². The Morgan fingerprint density at radius 2 is 1.50 bits per heavy atom. The Labute approximate surface area is 33.8 Å². The molecule has 0 spiro atoms. The fourth-order valence-electron chi connectivity index (χ4n) is 0. The van der Waals surface area contributed by atoms with Crippen molar-refractivity contribution in [2.24, 2.45) is 0 Å². The van der Waals surface area contributed by atoms with E-state index in [1.807, 2.05) is 0 Å².